The predicted octanol–water partition coefficient (Wildman–Crippen LogP) is 3.46. The summed E-state index contributed by atoms with van der Waals surface area (Å²) < 4.78 is 12.9. The van der Waals surface area contributed by atoms with Gasteiger partial charge >= 0.3 is 0 Å². The third kappa shape index (κ3) is 3.28. The molecule has 1 atom stereocenters. The summed E-state index contributed by atoms with van der Waals surface area (Å²) >= 11 is 0. The summed E-state index contributed by atoms with van der Waals surface area (Å²) in [5.74, 6) is 0.955. The summed E-state index contributed by atoms with van der Waals surface area (Å²) in [7, 11) is 1.76. The highest BCUT2D eigenvalue weighted by Gasteiger charge is 2.22. The van der Waals surface area contributed by atoms with Gasteiger partial charge in [0.05, 0.1) is 6.20 Å². The molecule has 1 aromatic carbocycles. The Labute approximate surface area is 163 Å². The van der Waals surface area contributed by atoms with Crippen LogP contribution in [0.1, 0.15) is 41.2 Å². The van der Waals surface area contributed by atoms with Gasteiger partial charge in [-0.2, -0.15) is 5.10 Å². The Morgan fingerprint density at radius 2 is 2.18 bits per heavy atom. The normalized spacial score (nSPS) is 15.4. The highest BCUT2D eigenvalue weighted by Crippen LogP contribution is 2.30. The van der Waals surface area contributed by atoms with Gasteiger partial charge < -0.3 is 14.2 Å². The fraction of sp³-hybridized carbons (Fsp3) is 0.381. The van der Waals surface area contributed by atoms with E-state index in [1.807, 2.05) is 30.7 Å². The summed E-state index contributed by atoms with van der Waals surface area (Å²) in [5.41, 5.74) is 4.75. The molecule has 0 N–H and O–H groups in total. The maximum Gasteiger partial charge on any atom is 0.292 e. The molecule has 0 fully saturated rings. The van der Waals surface area contributed by atoms with E-state index in [0.29, 0.717) is 12.2 Å². The van der Waals surface area contributed by atoms with E-state index in [4.69, 9.17) is 9.26 Å². The van der Waals surface area contributed by atoms with Crippen LogP contribution in [0.5, 0.6) is 5.75 Å². The zero-order valence-corrected chi connectivity index (χ0v) is 16.6. The number of rotatable bonds is 5. The lowest BCUT2D eigenvalue weighted by atomic mass is 10.1. The third-order valence-corrected chi connectivity index (χ3v) is 5.13. The molecule has 4 rings (SSSR count). The molecule has 28 heavy (non-hydrogen) atoms. The average molecular weight is 380 g/mol. The van der Waals surface area contributed by atoms with Crippen LogP contribution in [0.25, 0.3) is 11.3 Å². The van der Waals surface area contributed by atoms with Crippen molar-refractivity contribution in [2.75, 3.05) is 7.05 Å². The van der Waals surface area contributed by atoms with Crippen LogP contribution in [0.2, 0.25) is 0 Å². The zero-order valence-electron chi connectivity index (χ0n) is 16.6. The zero-order chi connectivity index (χ0) is 19.8. The maximum absolute atomic E-state index is 12.8. The van der Waals surface area contributed by atoms with E-state index in [1.54, 1.807) is 24.2 Å². The Morgan fingerprint density at radius 3 is 2.93 bits per heavy atom. The number of amides is 1. The first kappa shape index (κ1) is 18.3. The van der Waals surface area contributed by atoms with Crippen molar-refractivity contribution in [3.63, 3.8) is 0 Å². The van der Waals surface area contributed by atoms with Gasteiger partial charge in [-0.15, -0.1) is 0 Å². The molecule has 146 valence electrons. The predicted molar refractivity (Wildman–Crippen MR) is 104 cm³/mol. The van der Waals surface area contributed by atoms with Crippen molar-refractivity contribution < 1.29 is 14.1 Å². The lowest BCUT2D eigenvalue weighted by Crippen LogP contribution is -2.25. The van der Waals surface area contributed by atoms with Crippen LogP contribution in [-0.2, 0) is 19.5 Å². The van der Waals surface area contributed by atoms with Crippen LogP contribution >= 0.6 is 0 Å². The van der Waals surface area contributed by atoms with Gasteiger partial charge in [0, 0.05) is 43.9 Å². The number of benzene rings is 1. The molecule has 0 aliphatic carbocycles. The fourth-order valence-electron chi connectivity index (χ4n) is 3.63. The second-order valence-electron chi connectivity index (χ2n) is 7.27. The van der Waals surface area contributed by atoms with Gasteiger partial charge in [-0.1, -0.05) is 17.3 Å². The molecule has 0 radical (unpaired) electrons. The molecule has 0 spiro atoms. The molecule has 0 saturated heterocycles. The largest absolute Gasteiger partial charge is 0.490 e. The van der Waals surface area contributed by atoms with E-state index in [-0.39, 0.29) is 17.8 Å². The van der Waals surface area contributed by atoms with Gasteiger partial charge in [-0.25, -0.2) is 0 Å². The van der Waals surface area contributed by atoms with E-state index in [2.05, 4.69) is 23.2 Å². The van der Waals surface area contributed by atoms with Crippen LogP contribution in [0.3, 0.4) is 0 Å². The van der Waals surface area contributed by atoms with Gasteiger partial charge in [0.15, 0.2) is 0 Å². The van der Waals surface area contributed by atoms with E-state index < -0.39 is 0 Å². The van der Waals surface area contributed by atoms with Crippen molar-refractivity contribution in [3.05, 3.63) is 53.0 Å². The Morgan fingerprint density at radius 1 is 1.36 bits per heavy atom. The molecule has 7 heteroatoms. The van der Waals surface area contributed by atoms with Crippen LogP contribution < -0.4 is 4.74 Å². The van der Waals surface area contributed by atoms with Gasteiger partial charge in [-0.3, -0.25) is 9.48 Å². The van der Waals surface area contributed by atoms with E-state index in [9.17, 15) is 4.79 Å². The molecule has 2 aromatic heterocycles. The highest BCUT2D eigenvalue weighted by atomic mass is 16.5. The number of nitrogens with zero attached hydrogens (tertiary/aromatic N) is 4. The van der Waals surface area contributed by atoms with Crippen molar-refractivity contribution in [1.29, 1.82) is 0 Å². The Balaban J connectivity index is 1.48. The lowest BCUT2D eigenvalue weighted by Gasteiger charge is -2.15. The molecule has 0 bridgehead atoms. The quantitative estimate of drug-likeness (QED) is 0.678. The number of ether oxygens (including phenoxy) is 1. The highest BCUT2D eigenvalue weighted by molar-refractivity contribution is 5.92. The average Bonchev–Trinajstić information content (AvgIpc) is 3.37. The Kier molecular flexibility index (Phi) is 4.66. The minimum Gasteiger partial charge on any atom is -0.490 e. The Hall–Kier alpha value is -3.09. The molecule has 0 saturated carbocycles. The number of hydrogen-bond donors (Lipinski definition) is 0. The molecule has 1 aliphatic heterocycles. The van der Waals surface area contributed by atoms with Crippen LogP contribution in [-0.4, -0.2) is 38.9 Å². The second kappa shape index (κ2) is 7.14. The van der Waals surface area contributed by atoms with Gasteiger partial charge in [0.2, 0.25) is 5.76 Å². The number of aryl methyl sites for hydroxylation is 1. The first-order chi connectivity index (χ1) is 13.5. The van der Waals surface area contributed by atoms with Crippen LogP contribution in [0.4, 0.5) is 0 Å². The fourth-order valence-corrected chi connectivity index (χ4v) is 3.63. The van der Waals surface area contributed by atoms with Crippen molar-refractivity contribution in [2.24, 2.45) is 0 Å². The number of fused-ring (bicyclic) bond motifs is 1. The van der Waals surface area contributed by atoms with E-state index in [0.717, 1.165) is 35.5 Å². The summed E-state index contributed by atoms with van der Waals surface area (Å²) in [6.45, 7) is 7.34. The molecule has 3 aromatic rings. The molecule has 1 amide bonds. The number of aromatic nitrogens is 3. The Bertz CT molecular complexity index is 1020. The first-order valence-corrected chi connectivity index (χ1v) is 9.49. The van der Waals surface area contributed by atoms with Crippen molar-refractivity contribution in [1.82, 2.24) is 19.8 Å². The second-order valence-corrected chi connectivity index (χ2v) is 7.27. The smallest absolute Gasteiger partial charge is 0.292 e. The molecule has 1 aliphatic rings. The summed E-state index contributed by atoms with van der Waals surface area (Å²) in [6, 6.07) is 7.76. The molecular weight excluding hydrogens is 356 g/mol. The molecular formula is C21H24N4O3. The topological polar surface area (TPSA) is 73.4 Å². The summed E-state index contributed by atoms with van der Waals surface area (Å²) in [5, 5.41) is 8.39. The molecule has 1 unspecified atom stereocenters. The number of carbonyl (C=O) groups excluding carboxylic acids is 1. The summed E-state index contributed by atoms with van der Waals surface area (Å²) in [6.07, 6.45) is 2.86. The van der Waals surface area contributed by atoms with Gasteiger partial charge in [0.25, 0.3) is 5.91 Å². The first-order valence-electron chi connectivity index (χ1n) is 9.49. The minimum absolute atomic E-state index is 0.204. The number of carbonyl (C=O) groups is 1. The van der Waals surface area contributed by atoms with Crippen molar-refractivity contribution in [2.45, 2.75) is 46.4 Å². The van der Waals surface area contributed by atoms with E-state index >= 15 is 0 Å². The maximum atomic E-state index is 12.8. The lowest BCUT2D eigenvalue weighted by molar-refractivity contribution is 0.0743. The molecule has 3 heterocycles. The summed E-state index contributed by atoms with van der Waals surface area (Å²) in [4.78, 5) is 14.4. The van der Waals surface area contributed by atoms with Gasteiger partial charge in [-0.05, 0) is 38.0 Å². The standard InChI is InChI=1S/C21H24N4O3/c1-5-25-14(3)17(11-22-25)18-10-20(28-23-18)21(26)24(4)12-15-6-7-19-16(9-15)8-13(2)27-19/h6-7,9-11,13H,5,8,12H2,1-4H3. The van der Waals surface area contributed by atoms with Crippen LogP contribution in [0.15, 0.2) is 35.0 Å². The number of hydrogen-bond acceptors (Lipinski definition) is 5. The van der Waals surface area contributed by atoms with Crippen molar-refractivity contribution >= 4 is 5.91 Å². The van der Waals surface area contributed by atoms with Crippen LogP contribution in [0, 0.1) is 6.92 Å². The monoisotopic (exact) mass is 380 g/mol. The van der Waals surface area contributed by atoms with Crippen molar-refractivity contribution in [3.8, 4) is 17.0 Å². The third-order valence-electron chi connectivity index (χ3n) is 5.13. The van der Waals surface area contributed by atoms with Gasteiger partial charge in [0.1, 0.15) is 17.5 Å². The minimum atomic E-state index is -0.204. The SMILES string of the molecule is CCn1ncc(-c2cc(C(=O)N(C)Cc3ccc4c(c3)CC(C)O4)on2)c1C. The van der Waals surface area contributed by atoms with E-state index in [1.165, 1.54) is 5.56 Å². The molecule has 7 nitrogen and oxygen atoms in total.